The van der Waals surface area contributed by atoms with Crippen LogP contribution in [0.2, 0.25) is 0 Å². The van der Waals surface area contributed by atoms with Crippen LogP contribution in [-0.2, 0) is 0 Å². The van der Waals surface area contributed by atoms with Gasteiger partial charge in [-0.05, 0) is 40.6 Å². The van der Waals surface area contributed by atoms with Gasteiger partial charge >= 0.3 is 5.69 Å². The summed E-state index contributed by atoms with van der Waals surface area (Å²) in [5.41, 5.74) is 0.970. The van der Waals surface area contributed by atoms with Crippen LogP contribution >= 0.6 is 0 Å². The van der Waals surface area contributed by atoms with Crippen molar-refractivity contribution in [2.75, 3.05) is 0 Å². The van der Waals surface area contributed by atoms with Gasteiger partial charge in [0.25, 0.3) is 5.69 Å². The molecular formula is C25H15N3O5. The number of ether oxygens (including phenoxy) is 1. The first-order chi connectivity index (χ1) is 16.0. The summed E-state index contributed by atoms with van der Waals surface area (Å²) >= 11 is 0. The molecule has 0 aliphatic heterocycles. The SMILES string of the molecule is N#C/C(=C/c1cccc(Oc2ccc([N+](=O)[O-])cc2[N+](=O)[O-])c1)c1cccc2ccccc12. The van der Waals surface area contributed by atoms with Crippen LogP contribution in [-0.4, -0.2) is 9.85 Å². The van der Waals surface area contributed by atoms with Gasteiger partial charge in [0, 0.05) is 11.6 Å². The van der Waals surface area contributed by atoms with E-state index < -0.39 is 21.2 Å². The number of hydrogen-bond acceptors (Lipinski definition) is 6. The molecule has 4 aromatic carbocycles. The van der Waals surface area contributed by atoms with Crippen LogP contribution in [0.5, 0.6) is 11.5 Å². The quantitative estimate of drug-likeness (QED) is 0.147. The van der Waals surface area contributed by atoms with E-state index in [2.05, 4.69) is 6.07 Å². The van der Waals surface area contributed by atoms with Gasteiger partial charge in [0.05, 0.1) is 27.6 Å². The van der Waals surface area contributed by atoms with E-state index in [0.29, 0.717) is 11.1 Å². The van der Waals surface area contributed by atoms with Crippen molar-refractivity contribution in [3.05, 3.63) is 116 Å². The van der Waals surface area contributed by atoms with Crippen molar-refractivity contribution in [3.8, 4) is 17.6 Å². The van der Waals surface area contributed by atoms with E-state index in [4.69, 9.17) is 4.74 Å². The molecule has 0 radical (unpaired) electrons. The first-order valence-corrected chi connectivity index (χ1v) is 9.77. The minimum Gasteiger partial charge on any atom is -0.450 e. The first-order valence-electron chi connectivity index (χ1n) is 9.77. The van der Waals surface area contributed by atoms with E-state index in [1.807, 2.05) is 42.5 Å². The third kappa shape index (κ3) is 4.52. The fraction of sp³-hybridized carbons (Fsp3) is 0. The molecule has 8 nitrogen and oxygen atoms in total. The van der Waals surface area contributed by atoms with E-state index in [-0.39, 0.29) is 11.5 Å². The van der Waals surface area contributed by atoms with Crippen LogP contribution in [0.3, 0.4) is 0 Å². The standard InChI is InChI=1S/C25H15N3O5/c26-16-19(23-10-4-7-18-6-1-2-9-22(18)23)13-17-5-3-8-21(14-17)33-25-12-11-20(27(29)30)15-24(25)28(31)32/h1-15H/b19-13-. The number of nitro benzene ring substituents is 2. The van der Waals surface area contributed by atoms with Crippen molar-refractivity contribution in [2.24, 2.45) is 0 Å². The molecule has 0 amide bonds. The zero-order valence-corrected chi connectivity index (χ0v) is 17.0. The summed E-state index contributed by atoms with van der Waals surface area (Å²) < 4.78 is 5.66. The molecule has 0 atom stereocenters. The molecule has 0 bridgehead atoms. The molecule has 0 saturated carbocycles. The summed E-state index contributed by atoms with van der Waals surface area (Å²) in [6, 6.07) is 25.6. The molecule has 0 aliphatic rings. The molecule has 4 rings (SSSR count). The van der Waals surface area contributed by atoms with Crippen molar-refractivity contribution in [3.63, 3.8) is 0 Å². The molecule has 0 unspecified atom stereocenters. The van der Waals surface area contributed by atoms with Crippen LogP contribution in [0, 0.1) is 31.6 Å². The molecule has 0 aromatic heterocycles. The molecule has 0 spiro atoms. The Hall–Kier alpha value is -5.03. The summed E-state index contributed by atoms with van der Waals surface area (Å²) in [4.78, 5) is 20.8. The molecule has 0 heterocycles. The topological polar surface area (TPSA) is 119 Å². The normalized spacial score (nSPS) is 11.1. The lowest BCUT2D eigenvalue weighted by Gasteiger charge is -2.08. The maximum atomic E-state index is 11.4. The number of fused-ring (bicyclic) bond motifs is 1. The number of hydrogen-bond donors (Lipinski definition) is 0. The Morgan fingerprint density at radius 1 is 0.879 bits per heavy atom. The zero-order valence-electron chi connectivity index (χ0n) is 17.0. The summed E-state index contributed by atoms with van der Waals surface area (Å²) in [5.74, 6) is 0.164. The molecule has 160 valence electrons. The van der Waals surface area contributed by atoms with Gasteiger partial charge < -0.3 is 4.74 Å². The number of nitro groups is 2. The van der Waals surface area contributed by atoms with Gasteiger partial charge in [-0.3, -0.25) is 20.2 Å². The van der Waals surface area contributed by atoms with Crippen molar-refractivity contribution >= 4 is 33.8 Å². The van der Waals surface area contributed by atoms with Crippen molar-refractivity contribution in [1.82, 2.24) is 0 Å². The molecule has 33 heavy (non-hydrogen) atoms. The van der Waals surface area contributed by atoms with Crippen LogP contribution in [0.25, 0.3) is 22.4 Å². The summed E-state index contributed by atoms with van der Waals surface area (Å²) in [6.07, 6.45) is 1.71. The Balaban J connectivity index is 1.70. The first kappa shape index (κ1) is 21.2. The molecule has 0 fully saturated rings. The van der Waals surface area contributed by atoms with E-state index in [0.717, 1.165) is 28.5 Å². The number of nitrogens with zero attached hydrogens (tertiary/aromatic N) is 3. The average molecular weight is 437 g/mol. The second-order valence-corrected chi connectivity index (χ2v) is 7.04. The number of rotatable bonds is 6. The fourth-order valence-electron chi connectivity index (χ4n) is 3.44. The Morgan fingerprint density at radius 2 is 1.64 bits per heavy atom. The lowest BCUT2D eigenvalue weighted by molar-refractivity contribution is -0.394. The maximum Gasteiger partial charge on any atom is 0.318 e. The van der Waals surface area contributed by atoms with Gasteiger partial charge in [-0.15, -0.1) is 0 Å². The smallest absolute Gasteiger partial charge is 0.318 e. The molecule has 0 aliphatic carbocycles. The van der Waals surface area contributed by atoms with Gasteiger partial charge in [0.2, 0.25) is 5.75 Å². The predicted octanol–water partition coefficient (Wildman–Crippen LogP) is 6.51. The zero-order chi connectivity index (χ0) is 23.4. The fourth-order valence-corrected chi connectivity index (χ4v) is 3.44. The van der Waals surface area contributed by atoms with Crippen LogP contribution in [0.4, 0.5) is 11.4 Å². The number of allylic oxidation sites excluding steroid dienone is 1. The monoisotopic (exact) mass is 437 g/mol. The lowest BCUT2D eigenvalue weighted by atomic mass is 9.97. The average Bonchev–Trinajstić information content (AvgIpc) is 2.82. The van der Waals surface area contributed by atoms with Gasteiger partial charge in [0.1, 0.15) is 5.75 Å². The van der Waals surface area contributed by atoms with Gasteiger partial charge in [-0.1, -0.05) is 54.6 Å². The Kier molecular flexibility index (Phi) is 5.78. The van der Waals surface area contributed by atoms with Crippen molar-refractivity contribution in [1.29, 1.82) is 5.26 Å². The highest BCUT2D eigenvalue weighted by molar-refractivity contribution is 6.01. The van der Waals surface area contributed by atoms with Gasteiger partial charge in [-0.25, -0.2) is 0 Å². The van der Waals surface area contributed by atoms with Crippen molar-refractivity contribution in [2.45, 2.75) is 0 Å². The largest absolute Gasteiger partial charge is 0.450 e. The lowest BCUT2D eigenvalue weighted by Crippen LogP contribution is -1.96. The minimum atomic E-state index is -0.736. The number of nitriles is 1. The highest BCUT2D eigenvalue weighted by Crippen LogP contribution is 2.35. The number of non-ortho nitro benzene ring substituents is 1. The van der Waals surface area contributed by atoms with Crippen molar-refractivity contribution < 1.29 is 14.6 Å². The summed E-state index contributed by atoms with van der Waals surface area (Å²) in [6.45, 7) is 0. The highest BCUT2D eigenvalue weighted by atomic mass is 16.6. The summed E-state index contributed by atoms with van der Waals surface area (Å²) in [7, 11) is 0. The third-order valence-electron chi connectivity index (χ3n) is 4.95. The predicted molar refractivity (Wildman–Crippen MR) is 124 cm³/mol. The Bertz CT molecular complexity index is 1470. The van der Waals surface area contributed by atoms with Crippen LogP contribution in [0.15, 0.2) is 84.9 Å². The molecular weight excluding hydrogens is 422 g/mol. The molecule has 0 saturated heterocycles. The van der Waals surface area contributed by atoms with E-state index in [9.17, 15) is 25.5 Å². The van der Waals surface area contributed by atoms with Gasteiger partial charge in [-0.2, -0.15) is 5.26 Å². The molecule has 8 heteroatoms. The second-order valence-electron chi connectivity index (χ2n) is 7.04. The third-order valence-corrected chi connectivity index (χ3v) is 4.95. The van der Waals surface area contributed by atoms with E-state index >= 15 is 0 Å². The van der Waals surface area contributed by atoms with E-state index in [1.165, 1.54) is 6.07 Å². The highest BCUT2D eigenvalue weighted by Gasteiger charge is 2.21. The van der Waals surface area contributed by atoms with Gasteiger partial charge in [0.15, 0.2) is 0 Å². The summed E-state index contributed by atoms with van der Waals surface area (Å²) in [5, 5.41) is 34.0. The second kappa shape index (κ2) is 8.99. The van der Waals surface area contributed by atoms with Crippen LogP contribution < -0.4 is 4.74 Å². The Labute approximate surface area is 187 Å². The number of benzene rings is 4. The Morgan fingerprint density at radius 3 is 2.39 bits per heavy atom. The molecule has 0 N–H and O–H groups in total. The minimum absolute atomic E-state index is 0.124. The maximum absolute atomic E-state index is 11.4. The molecule has 4 aromatic rings. The van der Waals surface area contributed by atoms with E-state index in [1.54, 1.807) is 30.3 Å². The van der Waals surface area contributed by atoms with Crippen LogP contribution in [0.1, 0.15) is 11.1 Å².